The summed E-state index contributed by atoms with van der Waals surface area (Å²) >= 11 is 0. The molecule has 0 heterocycles. The highest BCUT2D eigenvalue weighted by Crippen LogP contribution is 2.31. The molecule has 0 aliphatic heterocycles. The molecule has 1 amide bonds. The molecule has 1 unspecified atom stereocenters. The second-order valence-electron chi connectivity index (χ2n) is 5.53. The van der Waals surface area contributed by atoms with E-state index < -0.39 is 0 Å². The Balaban J connectivity index is 2.15. The fourth-order valence-electron chi connectivity index (χ4n) is 2.83. The normalized spacial score (nSPS) is 17.9. The van der Waals surface area contributed by atoms with Crippen LogP contribution >= 0.6 is 0 Å². The van der Waals surface area contributed by atoms with Crippen LogP contribution in [0.2, 0.25) is 0 Å². The molecule has 3 nitrogen and oxygen atoms in total. The molecule has 0 aromatic carbocycles. The molecule has 2 N–H and O–H groups in total. The zero-order valence-electron chi connectivity index (χ0n) is 12.1. The topological polar surface area (TPSA) is 41.1 Å². The highest BCUT2D eigenvalue weighted by Gasteiger charge is 2.23. The molecular formula is C15H30N2O. The maximum Gasteiger partial charge on any atom is 0.223 e. The van der Waals surface area contributed by atoms with Gasteiger partial charge in [0, 0.05) is 19.0 Å². The summed E-state index contributed by atoms with van der Waals surface area (Å²) in [6.07, 6.45) is 8.62. The van der Waals surface area contributed by atoms with Gasteiger partial charge in [-0.3, -0.25) is 4.79 Å². The summed E-state index contributed by atoms with van der Waals surface area (Å²) in [7, 11) is 0. The molecule has 0 bridgehead atoms. The smallest absolute Gasteiger partial charge is 0.223 e. The fourth-order valence-corrected chi connectivity index (χ4v) is 2.83. The predicted molar refractivity (Wildman–Crippen MR) is 76.5 cm³/mol. The Morgan fingerprint density at radius 2 is 1.89 bits per heavy atom. The van der Waals surface area contributed by atoms with Gasteiger partial charge < -0.3 is 10.6 Å². The molecule has 0 aromatic rings. The largest absolute Gasteiger partial charge is 0.355 e. The molecule has 0 saturated heterocycles. The molecule has 0 radical (unpaired) electrons. The molecule has 0 spiro atoms. The molecular weight excluding hydrogens is 224 g/mol. The van der Waals surface area contributed by atoms with Crippen molar-refractivity contribution in [2.75, 3.05) is 19.6 Å². The highest BCUT2D eigenvalue weighted by molar-refractivity contribution is 5.78. The molecule has 1 saturated carbocycles. The lowest BCUT2D eigenvalue weighted by Crippen LogP contribution is -2.36. The lowest BCUT2D eigenvalue weighted by atomic mass is 9.91. The summed E-state index contributed by atoms with van der Waals surface area (Å²) in [6, 6.07) is 0. The minimum atomic E-state index is 0.235. The number of amides is 1. The van der Waals surface area contributed by atoms with Gasteiger partial charge in [-0.15, -0.1) is 0 Å². The number of carbonyl (C=O) groups is 1. The van der Waals surface area contributed by atoms with E-state index in [2.05, 4.69) is 24.5 Å². The van der Waals surface area contributed by atoms with Crippen LogP contribution in [0.15, 0.2) is 0 Å². The number of hydrogen-bond acceptors (Lipinski definition) is 2. The Hall–Kier alpha value is -0.570. The second kappa shape index (κ2) is 9.37. The van der Waals surface area contributed by atoms with Gasteiger partial charge in [0.15, 0.2) is 0 Å². The summed E-state index contributed by atoms with van der Waals surface area (Å²) in [4.78, 5) is 12.1. The molecule has 0 aromatic heterocycles. The third kappa shape index (κ3) is 5.85. The van der Waals surface area contributed by atoms with Crippen LogP contribution in [0.5, 0.6) is 0 Å². The number of rotatable bonds is 9. The van der Waals surface area contributed by atoms with E-state index in [1.807, 2.05) is 0 Å². The summed E-state index contributed by atoms with van der Waals surface area (Å²) < 4.78 is 0. The number of nitrogens with one attached hydrogen (secondary N) is 2. The molecule has 1 aliphatic rings. The third-order valence-corrected chi connectivity index (χ3v) is 3.98. The fraction of sp³-hybridized carbons (Fsp3) is 0.933. The SMILES string of the molecule is CCCNCCNC(=O)C(CC)CC1CCCC1. The van der Waals surface area contributed by atoms with Crippen LogP contribution in [0.25, 0.3) is 0 Å². The van der Waals surface area contributed by atoms with Gasteiger partial charge in [-0.25, -0.2) is 0 Å². The quantitative estimate of drug-likeness (QED) is 0.621. The monoisotopic (exact) mass is 254 g/mol. The average molecular weight is 254 g/mol. The molecule has 1 aliphatic carbocycles. The number of carbonyl (C=O) groups excluding carboxylic acids is 1. The van der Waals surface area contributed by atoms with E-state index in [1.165, 1.54) is 25.7 Å². The zero-order valence-corrected chi connectivity index (χ0v) is 12.1. The van der Waals surface area contributed by atoms with Crippen molar-refractivity contribution in [1.29, 1.82) is 0 Å². The van der Waals surface area contributed by atoms with Crippen molar-refractivity contribution in [3.8, 4) is 0 Å². The Morgan fingerprint density at radius 1 is 1.17 bits per heavy atom. The van der Waals surface area contributed by atoms with E-state index in [0.717, 1.165) is 44.8 Å². The first kappa shape index (κ1) is 15.5. The van der Waals surface area contributed by atoms with E-state index in [-0.39, 0.29) is 11.8 Å². The predicted octanol–water partition coefficient (Wildman–Crippen LogP) is 2.71. The van der Waals surface area contributed by atoms with Gasteiger partial charge in [-0.05, 0) is 31.7 Å². The van der Waals surface area contributed by atoms with Gasteiger partial charge in [0.05, 0.1) is 0 Å². The molecule has 1 rings (SSSR count). The van der Waals surface area contributed by atoms with Gasteiger partial charge in [0.1, 0.15) is 0 Å². The van der Waals surface area contributed by atoms with Crippen LogP contribution in [-0.4, -0.2) is 25.5 Å². The summed E-state index contributed by atoms with van der Waals surface area (Å²) in [5.74, 6) is 1.31. The van der Waals surface area contributed by atoms with Crippen LogP contribution < -0.4 is 10.6 Å². The van der Waals surface area contributed by atoms with Gasteiger partial charge in [-0.2, -0.15) is 0 Å². The lowest BCUT2D eigenvalue weighted by Gasteiger charge is -2.18. The van der Waals surface area contributed by atoms with Gasteiger partial charge >= 0.3 is 0 Å². The Kier molecular flexibility index (Phi) is 8.06. The van der Waals surface area contributed by atoms with Crippen LogP contribution in [0.4, 0.5) is 0 Å². The first-order valence-electron chi connectivity index (χ1n) is 7.76. The molecule has 106 valence electrons. The Morgan fingerprint density at radius 3 is 2.50 bits per heavy atom. The Labute approximate surface area is 112 Å². The van der Waals surface area contributed by atoms with E-state index in [1.54, 1.807) is 0 Å². The highest BCUT2D eigenvalue weighted by atomic mass is 16.1. The van der Waals surface area contributed by atoms with Crippen molar-refractivity contribution in [2.24, 2.45) is 11.8 Å². The number of hydrogen-bond donors (Lipinski definition) is 2. The molecule has 1 atom stereocenters. The van der Waals surface area contributed by atoms with E-state index in [0.29, 0.717) is 0 Å². The van der Waals surface area contributed by atoms with Crippen LogP contribution in [0, 0.1) is 11.8 Å². The van der Waals surface area contributed by atoms with Crippen molar-refractivity contribution in [2.45, 2.75) is 58.8 Å². The van der Waals surface area contributed by atoms with Crippen molar-refractivity contribution >= 4 is 5.91 Å². The van der Waals surface area contributed by atoms with Crippen LogP contribution in [0.1, 0.15) is 58.8 Å². The van der Waals surface area contributed by atoms with Gasteiger partial charge in [0.2, 0.25) is 5.91 Å². The van der Waals surface area contributed by atoms with E-state index >= 15 is 0 Å². The third-order valence-electron chi connectivity index (χ3n) is 3.98. The maximum atomic E-state index is 12.1. The summed E-state index contributed by atoms with van der Waals surface area (Å²) in [5, 5.41) is 6.37. The van der Waals surface area contributed by atoms with Crippen molar-refractivity contribution < 1.29 is 4.79 Å². The minimum absolute atomic E-state index is 0.235. The Bertz CT molecular complexity index is 225. The van der Waals surface area contributed by atoms with Crippen molar-refractivity contribution in [1.82, 2.24) is 10.6 Å². The maximum absolute atomic E-state index is 12.1. The molecule has 1 fully saturated rings. The molecule has 18 heavy (non-hydrogen) atoms. The first-order chi connectivity index (χ1) is 8.77. The average Bonchev–Trinajstić information content (AvgIpc) is 2.88. The van der Waals surface area contributed by atoms with Gasteiger partial charge in [-0.1, -0.05) is 39.5 Å². The standard InChI is InChI=1S/C15H30N2O/c1-3-9-16-10-11-17-15(18)14(4-2)12-13-7-5-6-8-13/h13-14,16H,3-12H2,1-2H3,(H,17,18). The van der Waals surface area contributed by atoms with E-state index in [9.17, 15) is 4.79 Å². The van der Waals surface area contributed by atoms with Crippen LogP contribution in [0.3, 0.4) is 0 Å². The minimum Gasteiger partial charge on any atom is -0.355 e. The van der Waals surface area contributed by atoms with E-state index in [4.69, 9.17) is 0 Å². The summed E-state index contributed by atoms with van der Waals surface area (Å²) in [5.41, 5.74) is 0. The summed E-state index contributed by atoms with van der Waals surface area (Å²) in [6.45, 7) is 6.98. The first-order valence-corrected chi connectivity index (χ1v) is 7.76. The van der Waals surface area contributed by atoms with Crippen molar-refractivity contribution in [3.63, 3.8) is 0 Å². The second-order valence-corrected chi connectivity index (χ2v) is 5.53. The van der Waals surface area contributed by atoms with Crippen LogP contribution in [-0.2, 0) is 4.79 Å². The zero-order chi connectivity index (χ0) is 13.2. The van der Waals surface area contributed by atoms with Gasteiger partial charge in [0.25, 0.3) is 0 Å². The molecule has 3 heteroatoms. The lowest BCUT2D eigenvalue weighted by molar-refractivity contribution is -0.125. The van der Waals surface area contributed by atoms with Crippen molar-refractivity contribution in [3.05, 3.63) is 0 Å².